The molecule has 0 radical (unpaired) electrons. The number of benzene rings is 1. The summed E-state index contributed by atoms with van der Waals surface area (Å²) in [6, 6.07) is 8.33. The lowest BCUT2D eigenvalue weighted by Crippen LogP contribution is -2.38. The van der Waals surface area contributed by atoms with Crippen LogP contribution in [0, 0.1) is 0 Å². The van der Waals surface area contributed by atoms with Crippen molar-refractivity contribution in [2.75, 3.05) is 11.4 Å². The third-order valence-corrected chi connectivity index (χ3v) is 5.58. The largest absolute Gasteiger partial charge is 0.354 e. The first-order valence-corrected chi connectivity index (χ1v) is 10.3. The van der Waals surface area contributed by atoms with Crippen LogP contribution in [0.2, 0.25) is 0 Å². The summed E-state index contributed by atoms with van der Waals surface area (Å²) in [6.07, 6.45) is 11.0. The van der Waals surface area contributed by atoms with E-state index in [9.17, 15) is 4.79 Å². The summed E-state index contributed by atoms with van der Waals surface area (Å²) >= 11 is 0. The van der Waals surface area contributed by atoms with Crippen molar-refractivity contribution in [2.45, 2.75) is 57.9 Å². The highest BCUT2D eigenvalue weighted by Gasteiger charge is 2.23. The molecule has 4 rings (SSSR count). The first-order chi connectivity index (χ1) is 13.7. The number of carbonyl (C=O) groups is 1. The van der Waals surface area contributed by atoms with Gasteiger partial charge in [0.2, 0.25) is 0 Å². The third kappa shape index (κ3) is 4.06. The average molecular weight is 377 g/mol. The number of Topliss-reactive ketones (excluding diaryl/α,β-unsaturated/α-hetero) is 1. The Morgan fingerprint density at radius 2 is 2.04 bits per heavy atom. The summed E-state index contributed by atoms with van der Waals surface area (Å²) in [6.45, 7) is 3.15. The second-order valence-electron chi connectivity index (χ2n) is 7.64. The highest BCUT2D eigenvalue weighted by molar-refractivity contribution is 5.96. The summed E-state index contributed by atoms with van der Waals surface area (Å²) < 4.78 is 0. The molecule has 0 amide bonds. The average Bonchev–Trinajstić information content (AvgIpc) is 3.20. The predicted octanol–water partition coefficient (Wildman–Crippen LogP) is 4.33. The summed E-state index contributed by atoms with van der Waals surface area (Å²) in [5.74, 6) is 0.906. The minimum atomic E-state index is 0.0200. The Hall–Kier alpha value is -2.76. The van der Waals surface area contributed by atoms with Crippen molar-refractivity contribution in [2.24, 2.45) is 0 Å². The Balaban J connectivity index is 1.53. The van der Waals surface area contributed by atoms with E-state index in [0.29, 0.717) is 18.2 Å². The van der Waals surface area contributed by atoms with Gasteiger partial charge >= 0.3 is 0 Å². The molecule has 3 aromatic rings. The Bertz CT molecular complexity index is 945. The molecule has 2 heterocycles. The normalized spacial score (nSPS) is 15.0. The lowest BCUT2D eigenvalue weighted by Gasteiger charge is -2.35. The maximum absolute atomic E-state index is 12.9. The van der Waals surface area contributed by atoms with Crippen LogP contribution in [0.5, 0.6) is 0 Å². The van der Waals surface area contributed by atoms with Crippen molar-refractivity contribution >= 4 is 22.5 Å². The Labute approximate surface area is 165 Å². The molecule has 1 N–H and O–H groups in total. The first-order valence-electron chi connectivity index (χ1n) is 10.3. The number of H-pyrrole nitrogens is 1. The molecule has 146 valence electrons. The van der Waals surface area contributed by atoms with Gasteiger partial charge in [0.25, 0.3) is 0 Å². The number of rotatable bonds is 7. The molecule has 0 spiro atoms. The van der Waals surface area contributed by atoms with Crippen molar-refractivity contribution in [1.82, 2.24) is 20.2 Å². The second kappa shape index (κ2) is 8.50. The molecule has 1 aliphatic rings. The molecule has 0 atom stereocenters. The zero-order chi connectivity index (χ0) is 19.3. The zero-order valence-corrected chi connectivity index (χ0v) is 16.4. The lowest BCUT2D eigenvalue weighted by molar-refractivity contribution is 0.0988. The van der Waals surface area contributed by atoms with Gasteiger partial charge in [-0.2, -0.15) is 5.10 Å². The number of ketones is 1. The maximum atomic E-state index is 12.9. The molecule has 0 saturated heterocycles. The quantitative estimate of drug-likeness (QED) is 0.620. The zero-order valence-electron chi connectivity index (χ0n) is 16.4. The molecule has 1 saturated carbocycles. The standard InChI is InChI=1S/C22H27N5O/c1-2-10-27(18-6-4-3-5-7-18)22-13-20(23-15-24-22)21(28)12-16-8-9-19-17(11-16)14-25-26-19/h8-9,11,13-15,18H,2-7,10,12H2,1H3,(H,25,26). The van der Waals surface area contributed by atoms with Crippen molar-refractivity contribution in [3.05, 3.63) is 48.0 Å². The highest BCUT2D eigenvalue weighted by Crippen LogP contribution is 2.27. The second-order valence-corrected chi connectivity index (χ2v) is 7.64. The molecule has 6 heteroatoms. The topological polar surface area (TPSA) is 74.8 Å². The van der Waals surface area contributed by atoms with Gasteiger partial charge in [0.1, 0.15) is 17.8 Å². The van der Waals surface area contributed by atoms with Crippen LogP contribution >= 0.6 is 0 Å². The fourth-order valence-electron chi connectivity index (χ4n) is 4.15. The molecular weight excluding hydrogens is 350 g/mol. The summed E-state index contributed by atoms with van der Waals surface area (Å²) in [4.78, 5) is 24.0. The van der Waals surface area contributed by atoms with Gasteiger partial charge in [-0.25, -0.2) is 9.97 Å². The summed E-state index contributed by atoms with van der Waals surface area (Å²) in [5, 5.41) is 7.98. The number of nitrogens with zero attached hydrogens (tertiary/aromatic N) is 4. The number of anilines is 1. The predicted molar refractivity (Wildman–Crippen MR) is 111 cm³/mol. The molecule has 1 fully saturated rings. The number of aromatic amines is 1. The van der Waals surface area contributed by atoms with Crippen LogP contribution in [0.15, 0.2) is 36.8 Å². The fraction of sp³-hybridized carbons (Fsp3) is 0.455. The Morgan fingerprint density at radius 3 is 2.86 bits per heavy atom. The Morgan fingerprint density at radius 1 is 1.18 bits per heavy atom. The van der Waals surface area contributed by atoms with Gasteiger partial charge in [-0.1, -0.05) is 32.3 Å². The van der Waals surface area contributed by atoms with Crippen molar-refractivity contribution in [3.63, 3.8) is 0 Å². The van der Waals surface area contributed by atoms with Crippen LogP contribution in [0.4, 0.5) is 5.82 Å². The molecular formula is C22H27N5O. The van der Waals surface area contributed by atoms with E-state index in [1.54, 1.807) is 6.20 Å². The molecule has 0 aliphatic heterocycles. The van der Waals surface area contributed by atoms with Gasteiger partial charge in [0.15, 0.2) is 5.78 Å². The number of nitrogens with one attached hydrogen (secondary N) is 1. The monoisotopic (exact) mass is 377 g/mol. The lowest BCUT2D eigenvalue weighted by atomic mass is 9.94. The van der Waals surface area contributed by atoms with Gasteiger partial charge in [-0.3, -0.25) is 9.89 Å². The van der Waals surface area contributed by atoms with Gasteiger partial charge in [0, 0.05) is 30.5 Å². The fourth-order valence-corrected chi connectivity index (χ4v) is 4.15. The first kappa shape index (κ1) is 18.6. The van der Waals surface area contributed by atoms with Crippen molar-refractivity contribution < 1.29 is 4.79 Å². The van der Waals surface area contributed by atoms with Crippen LogP contribution in [0.3, 0.4) is 0 Å². The number of fused-ring (bicyclic) bond motifs is 1. The molecule has 1 aliphatic carbocycles. The van der Waals surface area contributed by atoms with E-state index >= 15 is 0 Å². The van der Waals surface area contributed by atoms with Crippen LogP contribution in [-0.2, 0) is 6.42 Å². The molecule has 1 aromatic carbocycles. The van der Waals surface area contributed by atoms with E-state index in [0.717, 1.165) is 35.2 Å². The maximum Gasteiger partial charge on any atom is 0.185 e. The molecule has 2 aromatic heterocycles. The SMILES string of the molecule is CCCN(c1cc(C(=O)Cc2ccc3[nH]ncc3c2)ncn1)C1CCCCC1. The number of carbonyl (C=O) groups excluding carboxylic acids is 1. The van der Waals surface area contributed by atoms with Gasteiger partial charge in [-0.15, -0.1) is 0 Å². The number of hydrogen-bond donors (Lipinski definition) is 1. The molecule has 28 heavy (non-hydrogen) atoms. The number of hydrogen-bond acceptors (Lipinski definition) is 5. The van der Waals surface area contributed by atoms with E-state index in [1.165, 1.54) is 38.4 Å². The molecule has 0 bridgehead atoms. The van der Waals surface area contributed by atoms with E-state index in [-0.39, 0.29) is 5.78 Å². The van der Waals surface area contributed by atoms with Crippen LogP contribution in [0.1, 0.15) is 61.5 Å². The van der Waals surface area contributed by atoms with E-state index in [2.05, 4.69) is 32.0 Å². The third-order valence-electron chi connectivity index (χ3n) is 5.58. The smallest absolute Gasteiger partial charge is 0.185 e. The van der Waals surface area contributed by atoms with Crippen LogP contribution in [-0.4, -0.2) is 38.5 Å². The summed E-state index contributed by atoms with van der Waals surface area (Å²) in [7, 11) is 0. The van der Waals surface area contributed by atoms with E-state index in [1.807, 2.05) is 24.3 Å². The highest BCUT2D eigenvalue weighted by atomic mass is 16.1. The van der Waals surface area contributed by atoms with E-state index < -0.39 is 0 Å². The van der Waals surface area contributed by atoms with Gasteiger partial charge in [0.05, 0.1) is 11.7 Å². The summed E-state index contributed by atoms with van der Waals surface area (Å²) in [5.41, 5.74) is 2.44. The van der Waals surface area contributed by atoms with Gasteiger partial charge < -0.3 is 4.90 Å². The number of aromatic nitrogens is 4. The molecule has 6 nitrogen and oxygen atoms in total. The van der Waals surface area contributed by atoms with Crippen molar-refractivity contribution in [1.29, 1.82) is 0 Å². The van der Waals surface area contributed by atoms with Crippen molar-refractivity contribution in [3.8, 4) is 0 Å². The van der Waals surface area contributed by atoms with E-state index in [4.69, 9.17) is 0 Å². The minimum absolute atomic E-state index is 0.0200. The van der Waals surface area contributed by atoms with Gasteiger partial charge in [-0.05, 0) is 37.0 Å². The minimum Gasteiger partial charge on any atom is -0.354 e. The van der Waals surface area contributed by atoms with Crippen LogP contribution in [0.25, 0.3) is 10.9 Å². The molecule has 0 unspecified atom stereocenters. The van der Waals surface area contributed by atoms with Crippen LogP contribution < -0.4 is 4.90 Å². The Kier molecular flexibility index (Phi) is 5.65.